The molecule has 0 N–H and O–H groups in total. The molecule has 23 heavy (non-hydrogen) atoms. The summed E-state index contributed by atoms with van der Waals surface area (Å²) in [5.41, 5.74) is 0. The van der Waals surface area contributed by atoms with Gasteiger partial charge in [-0.05, 0) is 47.0 Å². The molecule has 1 aliphatic heterocycles. The van der Waals surface area contributed by atoms with Crippen LogP contribution in [0.1, 0.15) is 47.0 Å². The van der Waals surface area contributed by atoms with E-state index in [1.54, 1.807) is 27.7 Å². The van der Waals surface area contributed by atoms with Gasteiger partial charge in [0, 0.05) is 0 Å². The highest BCUT2D eigenvalue weighted by atomic mass is 31.2. The summed E-state index contributed by atoms with van der Waals surface area (Å²) in [4.78, 5) is 0. The van der Waals surface area contributed by atoms with Crippen molar-refractivity contribution in [1.29, 1.82) is 0 Å². The van der Waals surface area contributed by atoms with E-state index in [4.69, 9.17) is 18.1 Å². The molecule has 0 unspecified atom stereocenters. The summed E-state index contributed by atoms with van der Waals surface area (Å²) in [6.07, 6.45) is 1.29. The summed E-state index contributed by atoms with van der Waals surface area (Å²) in [7, 11) is -7.23. The zero-order chi connectivity index (χ0) is 17.5. The molecular weight excluding hydrogens is 344 g/mol. The largest absolute Gasteiger partial charge is 0.350 e. The molecule has 0 aromatic carbocycles. The van der Waals surface area contributed by atoms with Crippen LogP contribution in [0.25, 0.3) is 0 Å². The van der Waals surface area contributed by atoms with Gasteiger partial charge in [-0.15, -0.1) is 10.3 Å². The summed E-state index contributed by atoms with van der Waals surface area (Å²) in [5.74, 6) is -1.98. The third kappa shape index (κ3) is 5.10. The predicted molar refractivity (Wildman–Crippen MR) is 85.7 cm³/mol. The molecule has 2 atom stereocenters. The Hall–Kier alpha value is 0.220. The minimum Gasteiger partial charge on any atom is -0.308 e. The second-order valence-electron chi connectivity index (χ2n) is 5.00. The molecule has 0 bridgehead atoms. The summed E-state index contributed by atoms with van der Waals surface area (Å²) in [6.45, 7) is 7.42. The molecule has 1 fully saturated rings. The summed E-state index contributed by atoms with van der Waals surface area (Å²) in [6, 6.07) is 0. The van der Waals surface area contributed by atoms with Gasteiger partial charge in [-0.1, -0.05) is 0 Å². The van der Waals surface area contributed by atoms with Crippen LogP contribution in [0, 0.1) is 0 Å². The Balaban J connectivity index is 3.06. The van der Waals surface area contributed by atoms with Crippen LogP contribution in [0.15, 0.2) is 0 Å². The van der Waals surface area contributed by atoms with E-state index in [0.29, 0.717) is 24.3 Å². The van der Waals surface area contributed by atoms with Crippen molar-refractivity contribution in [1.82, 2.24) is 5.06 Å². The smallest absolute Gasteiger partial charge is 0.308 e. The van der Waals surface area contributed by atoms with Crippen LogP contribution in [-0.4, -0.2) is 43.1 Å². The number of hydroxylamine groups is 2. The second kappa shape index (κ2) is 9.64. The van der Waals surface area contributed by atoms with E-state index in [2.05, 4.69) is 0 Å². The van der Waals surface area contributed by atoms with E-state index >= 15 is 0 Å². The van der Waals surface area contributed by atoms with E-state index in [9.17, 15) is 14.3 Å². The van der Waals surface area contributed by atoms with Crippen LogP contribution in [0.5, 0.6) is 0 Å². The van der Waals surface area contributed by atoms with Gasteiger partial charge in [0.2, 0.25) is 0 Å². The monoisotopic (exact) mass is 372 g/mol. The fourth-order valence-electron chi connectivity index (χ4n) is 2.67. The predicted octanol–water partition coefficient (Wildman–Crippen LogP) is 4.00. The second-order valence-corrected chi connectivity index (χ2v) is 9.39. The van der Waals surface area contributed by atoms with Crippen molar-refractivity contribution in [2.45, 2.75) is 58.5 Å². The standard InChI is InChI=1S/C13H28NO7P2/c1-5-18-22(16,19-6-2)12-10-9-11-13(14(12)15)23(17,20-7-3)21-8-4/h12-13H,5-11H2,1-4H3/t12-,13-/m1/s1. The van der Waals surface area contributed by atoms with E-state index in [1.807, 2.05) is 0 Å². The molecule has 0 aromatic rings. The summed E-state index contributed by atoms with van der Waals surface area (Å²) >= 11 is 0. The van der Waals surface area contributed by atoms with Gasteiger partial charge in [-0.3, -0.25) is 9.13 Å². The van der Waals surface area contributed by atoms with Crippen molar-refractivity contribution >= 4 is 15.2 Å². The van der Waals surface area contributed by atoms with Crippen LogP contribution in [0.4, 0.5) is 0 Å². The molecule has 0 aromatic heterocycles. The molecule has 137 valence electrons. The number of hydrogen-bond donors (Lipinski definition) is 0. The lowest BCUT2D eigenvalue weighted by Gasteiger charge is -2.40. The molecule has 1 saturated heterocycles. The maximum Gasteiger partial charge on any atom is 0.350 e. The Morgan fingerprint density at radius 1 is 0.783 bits per heavy atom. The lowest BCUT2D eigenvalue weighted by molar-refractivity contribution is -0.200. The Labute approximate surface area is 138 Å². The SMILES string of the molecule is CCOP(=O)(OCC)[C@@H]1CCC[C@@H](P(=O)(OCC)OCC)N1[O]. The van der Waals surface area contributed by atoms with Crippen molar-refractivity contribution in [2.24, 2.45) is 0 Å². The molecule has 1 rings (SSSR count). The molecule has 0 spiro atoms. The van der Waals surface area contributed by atoms with Gasteiger partial charge in [0.1, 0.15) is 11.6 Å². The maximum absolute atomic E-state index is 12.9. The van der Waals surface area contributed by atoms with Gasteiger partial charge in [0.15, 0.2) is 0 Å². The average molecular weight is 372 g/mol. The van der Waals surface area contributed by atoms with Crippen molar-refractivity contribution in [3.63, 3.8) is 0 Å². The number of piperidine rings is 1. The third-order valence-corrected chi connectivity index (χ3v) is 8.38. The quantitative estimate of drug-likeness (QED) is 0.535. The lowest BCUT2D eigenvalue weighted by atomic mass is 10.2. The van der Waals surface area contributed by atoms with Gasteiger partial charge < -0.3 is 18.1 Å². The first-order valence-corrected chi connectivity index (χ1v) is 11.3. The Morgan fingerprint density at radius 3 is 1.35 bits per heavy atom. The van der Waals surface area contributed by atoms with Gasteiger partial charge in [0.05, 0.1) is 26.4 Å². The van der Waals surface area contributed by atoms with Crippen LogP contribution in [0.2, 0.25) is 0 Å². The molecule has 1 heterocycles. The van der Waals surface area contributed by atoms with Gasteiger partial charge >= 0.3 is 15.2 Å². The average Bonchev–Trinajstić information content (AvgIpc) is 2.48. The Morgan fingerprint density at radius 2 is 1.09 bits per heavy atom. The first-order chi connectivity index (χ1) is 10.9. The normalized spacial score (nSPS) is 24.0. The van der Waals surface area contributed by atoms with Gasteiger partial charge in [-0.25, -0.2) is 0 Å². The lowest BCUT2D eigenvalue weighted by Crippen LogP contribution is -2.44. The molecule has 10 heteroatoms. The fraction of sp³-hybridized carbons (Fsp3) is 1.00. The minimum absolute atomic E-state index is 0.168. The fourth-order valence-corrected chi connectivity index (χ4v) is 6.93. The zero-order valence-electron chi connectivity index (χ0n) is 14.3. The number of rotatable bonds is 10. The van der Waals surface area contributed by atoms with Crippen molar-refractivity contribution in [3.05, 3.63) is 0 Å². The van der Waals surface area contributed by atoms with E-state index in [0.717, 1.165) is 0 Å². The third-order valence-electron chi connectivity index (χ3n) is 3.48. The Kier molecular flexibility index (Phi) is 8.91. The molecular formula is C13H28NO7P2. The molecule has 1 aliphatic rings. The Bertz CT molecular complexity index is 390. The molecule has 1 radical (unpaired) electrons. The van der Waals surface area contributed by atoms with Crippen LogP contribution < -0.4 is 0 Å². The van der Waals surface area contributed by atoms with Crippen LogP contribution in [0.3, 0.4) is 0 Å². The maximum atomic E-state index is 12.9. The van der Waals surface area contributed by atoms with Gasteiger partial charge in [0.25, 0.3) is 0 Å². The van der Waals surface area contributed by atoms with Gasteiger partial charge in [-0.2, -0.15) is 0 Å². The molecule has 8 nitrogen and oxygen atoms in total. The topological polar surface area (TPSA) is 94.2 Å². The highest BCUT2D eigenvalue weighted by molar-refractivity contribution is 7.55. The molecule has 0 amide bonds. The summed E-state index contributed by atoms with van der Waals surface area (Å²) < 4.78 is 46.9. The molecule has 0 aliphatic carbocycles. The highest BCUT2D eigenvalue weighted by Gasteiger charge is 2.52. The first-order valence-electron chi connectivity index (χ1n) is 8.11. The minimum atomic E-state index is -3.61. The van der Waals surface area contributed by atoms with E-state index in [-0.39, 0.29) is 26.4 Å². The summed E-state index contributed by atoms with van der Waals surface area (Å²) in [5, 5.41) is 13.3. The van der Waals surface area contributed by atoms with Crippen LogP contribution >= 0.6 is 15.2 Å². The first kappa shape index (κ1) is 21.3. The zero-order valence-corrected chi connectivity index (χ0v) is 16.1. The van der Waals surface area contributed by atoms with Crippen molar-refractivity contribution < 1.29 is 32.4 Å². The van der Waals surface area contributed by atoms with Crippen LogP contribution in [-0.2, 0) is 32.4 Å². The number of nitrogens with zero attached hydrogens (tertiary/aromatic N) is 1. The highest BCUT2D eigenvalue weighted by Crippen LogP contribution is 2.63. The van der Waals surface area contributed by atoms with E-state index < -0.39 is 26.8 Å². The van der Waals surface area contributed by atoms with Crippen molar-refractivity contribution in [2.75, 3.05) is 26.4 Å². The molecule has 0 saturated carbocycles. The van der Waals surface area contributed by atoms with E-state index in [1.165, 1.54) is 0 Å². The number of hydrogen-bond acceptors (Lipinski definition) is 7. The van der Waals surface area contributed by atoms with Crippen molar-refractivity contribution in [3.8, 4) is 0 Å².